The normalized spacial score (nSPS) is 10.5. The molecule has 0 unspecified atom stereocenters. The minimum absolute atomic E-state index is 0.0962. The average molecular weight is 267 g/mol. The van der Waals surface area contributed by atoms with Gasteiger partial charge in [-0.15, -0.1) is 0 Å². The van der Waals surface area contributed by atoms with Crippen molar-refractivity contribution in [2.45, 2.75) is 0 Å². The Balaban J connectivity index is 2.58. The first kappa shape index (κ1) is 12.9. The van der Waals surface area contributed by atoms with Crippen LogP contribution in [0.5, 0.6) is 5.75 Å². The first-order chi connectivity index (χ1) is 8.91. The maximum Gasteiger partial charge on any atom is 0.252 e. The molecule has 1 amide bonds. The van der Waals surface area contributed by atoms with E-state index in [2.05, 4.69) is 0 Å². The van der Waals surface area contributed by atoms with Crippen LogP contribution in [0.2, 0.25) is 0 Å². The Kier molecular flexibility index (Phi) is 3.16. The Hall–Kier alpha value is -2.50. The highest BCUT2D eigenvalue weighted by atomic mass is 19.2. The van der Waals surface area contributed by atoms with Gasteiger partial charge in [0.1, 0.15) is 5.75 Å². The summed E-state index contributed by atoms with van der Waals surface area (Å²) in [7, 11) is 0. The highest BCUT2D eigenvalue weighted by Gasteiger charge is 2.16. The lowest BCUT2D eigenvalue weighted by Crippen LogP contribution is -2.10. The molecule has 2 aromatic carbocycles. The van der Waals surface area contributed by atoms with Crippen LogP contribution in [0.3, 0.4) is 0 Å². The summed E-state index contributed by atoms with van der Waals surface area (Å²) < 4.78 is 39.4. The fourth-order valence-corrected chi connectivity index (χ4v) is 1.66. The molecule has 0 bridgehead atoms. The number of carbonyl (C=O) groups is 1. The maximum atomic E-state index is 13.6. The Morgan fingerprint density at radius 2 is 1.74 bits per heavy atom. The number of hydrogen-bond acceptors (Lipinski definition) is 2. The average Bonchev–Trinajstić information content (AvgIpc) is 2.35. The lowest BCUT2D eigenvalue weighted by atomic mass is 10.0. The Labute approximate surface area is 106 Å². The number of hydrogen-bond donors (Lipinski definition) is 2. The molecule has 0 spiro atoms. The van der Waals surface area contributed by atoms with Crippen LogP contribution < -0.4 is 5.73 Å². The zero-order valence-electron chi connectivity index (χ0n) is 9.45. The first-order valence-electron chi connectivity index (χ1n) is 5.18. The van der Waals surface area contributed by atoms with E-state index in [1.165, 1.54) is 12.1 Å². The Morgan fingerprint density at radius 3 is 2.32 bits per heavy atom. The molecule has 2 aromatic rings. The zero-order chi connectivity index (χ0) is 14.2. The molecule has 6 heteroatoms. The van der Waals surface area contributed by atoms with E-state index in [1.807, 2.05) is 0 Å². The molecule has 3 N–H and O–H groups in total. The molecule has 0 aromatic heterocycles. The van der Waals surface area contributed by atoms with Crippen molar-refractivity contribution in [1.82, 2.24) is 0 Å². The number of halogens is 3. The van der Waals surface area contributed by atoms with Crippen LogP contribution >= 0.6 is 0 Å². The second-order valence-electron chi connectivity index (χ2n) is 3.82. The molecule has 19 heavy (non-hydrogen) atoms. The molecule has 3 nitrogen and oxygen atoms in total. The van der Waals surface area contributed by atoms with Crippen LogP contribution in [-0.4, -0.2) is 11.0 Å². The summed E-state index contributed by atoms with van der Waals surface area (Å²) in [6.07, 6.45) is 0. The van der Waals surface area contributed by atoms with Crippen molar-refractivity contribution in [2.24, 2.45) is 5.73 Å². The smallest absolute Gasteiger partial charge is 0.252 e. The van der Waals surface area contributed by atoms with E-state index in [9.17, 15) is 23.1 Å². The van der Waals surface area contributed by atoms with Crippen molar-refractivity contribution >= 4 is 5.91 Å². The number of nitrogens with two attached hydrogens (primary N) is 1. The van der Waals surface area contributed by atoms with Crippen molar-refractivity contribution in [3.63, 3.8) is 0 Å². The van der Waals surface area contributed by atoms with Crippen molar-refractivity contribution < 1.29 is 23.1 Å². The van der Waals surface area contributed by atoms with Gasteiger partial charge in [0.05, 0.1) is 5.56 Å². The minimum atomic E-state index is -1.60. The highest BCUT2D eigenvalue weighted by Crippen LogP contribution is 2.29. The molecule has 0 saturated heterocycles. The van der Waals surface area contributed by atoms with Gasteiger partial charge in [-0.3, -0.25) is 4.79 Å². The van der Waals surface area contributed by atoms with E-state index in [4.69, 9.17) is 5.73 Å². The Morgan fingerprint density at radius 1 is 1.05 bits per heavy atom. The van der Waals surface area contributed by atoms with Gasteiger partial charge in [-0.05, 0) is 29.8 Å². The number of benzene rings is 2. The highest BCUT2D eigenvalue weighted by molar-refractivity contribution is 5.96. The van der Waals surface area contributed by atoms with Gasteiger partial charge in [0, 0.05) is 5.56 Å². The maximum absolute atomic E-state index is 13.6. The van der Waals surface area contributed by atoms with Gasteiger partial charge >= 0.3 is 0 Å². The first-order valence-corrected chi connectivity index (χ1v) is 5.18. The summed E-state index contributed by atoms with van der Waals surface area (Å²) in [6, 6.07) is 5.30. The fourth-order valence-electron chi connectivity index (χ4n) is 1.66. The second kappa shape index (κ2) is 4.64. The SMILES string of the molecule is NC(=O)c1ccc(-c2ccc(F)c(F)c2F)cc1O. The molecular weight excluding hydrogens is 259 g/mol. The monoisotopic (exact) mass is 267 g/mol. The fraction of sp³-hybridized carbons (Fsp3) is 0. The predicted octanol–water partition coefficient (Wildman–Crippen LogP) is 2.58. The van der Waals surface area contributed by atoms with Crippen molar-refractivity contribution in [3.05, 3.63) is 53.3 Å². The van der Waals surface area contributed by atoms with Crippen LogP contribution in [0, 0.1) is 17.5 Å². The van der Waals surface area contributed by atoms with Gasteiger partial charge in [-0.2, -0.15) is 0 Å². The molecule has 0 saturated carbocycles. The molecule has 0 aliphatic heterocycles. The molecule has 0 radical (unpaired) electrons. The van der Waals surface area contributed by atoms with Gasteiger partial charge in [0.15, 0.2) is 17.5 Å². The van der Waals surface area contributed by atoms with Crippen LogP contribution in [0.1, 0.15) is 10.4 Å². The second-order valence-corrected chi connectivity index (χ2v) is 3.82. The summed E-state index contributed by atoms with van der Waals surface area (Å²) in [5.41, 5.74) is 4.71. The molecule has 98 valence electrons. The van der Waals surface area contributed by atoms with E-state index < -0.39 is 29.1 Å². The van der Waals surface area contributed by atoms with Crippen LogP contribution in [-0.2, 0) is 0 Å². The van der Waals surface area contributed by atoms with Gasteiger partial charge < -0.3 is 10.8 Å². The number of carbonyl (C=O) groups excluding carboxylic acids is 1. The van der Waals surface area contributed by atoms with Crippen LogP contribution in [0.25, 0.3) is 11.1 Å². The van der Waals surface area contributed by atoms with Crippen LogP contribution in [0.4, 0.5) is 13.2 Å². The van der Waals surface area contributed by atoms with E-state index in [1.54, 1.807) is 0 Å². The number of amides is 1. The molecule has 0 heterocycles. The molecule has 0 fully saturated rings. The molecule has 2 rings (SSSR count). The Bertz CT molecular complexity index is 671. The summed E-state index contributed by atoms with van der Waals surface area (Å²) >= 11 is 0. The standard InChI is InChI=1S/C13H8F3NO2/c14-9-4-3-7(11(15)12(9)16)6-1-2-8(13(17)19)10(18)5-6/h1-5,18H,(H2,17,19). The van der Waals surface area contributed by atoms with Crippen molar-refractivity contribution in [2.75, 3.05) is 0 Å². The summed E-state index contributed by atoms with van der Waals surface area (Å²) in [4.78, 5) is 10.9. The molecular formula is C13H8F3NO2. The van der Waals surface area contributed by atoms with Gasteiger partial charge in [0.25, 0.3) is 5.91 Å². The van der Waals surface area contributed by atoms with Gasteiger partial charge in [-0.1, -0.05) is 6.07 Å². The van der Waals surface area contributed by atoms with Gasteiger partial charge in [-0.25, -0.2) is 13.2 Å². The summed E-state index contributed by atoms with van der Waals surface area (Å²) in [5.74, 6) is -5.59. The minimum Gasteiger partial charge on any atom is -0.507 e. The van der Waals surface area contributed by atoms with E-state index in [0.717, 1.165) is 18.2 Å². The molecule has 0 aliphatic carbocycles. The zero-order valence-corrected chi connectivity index (χ0v) is 9.45. The summed E-state index contributed by atoms with van der Waals surface area (Å²) in [6.45, 7) is 0. The number of rotatable bonds is 2. The third-order valence-corrected chi connectivity index (χ3v) is 2.61. The molecule has 0 aliphatic rings. The molecule has 0 atom stereocenters. The lowest BCUT2D eigenvalue weighted by Gasteiger charge is -2.07. The van der Waals surface area contributed by atoms with Crippen molar-refractivity contribution in [1.29, 1.82) is 0 Å². The van der Waals surface area contributed by atoms with Crippen molar-refractivity contribution in [3.8, 4) is 16.9 Å². The number of primary amides is 1. The van der Waals surface area contributed by atoms with Gasteiger partial charge in [0.2, 0.25) is 0 Å². The lowest BCUT2D eigenvalue weighted by molar-refractivity contribution is 0.0998. The third kappa shape index (κ3) is 2.24. The van der Waals surface area contributed by atoms with E-state index in [0.29, 0.717) is 0 Å². The third-order valence-electron chi connectivity index (χ3n) is 2.61. The van der Waals surface area contributed by atoms with Crippen LogP contribution in [0.15, 0.2) is 30.3 Å². The number of aromatic hydroxyl groups is 1. The quantitative estimate of drug-likeness (QED) is 0.821. The summed E-state index contributed by atoms with van der Waals surface area (Å²) in [5, 5.41) is 9.55. The topological polar surface area (TPSA) is 63.3 Å². The van der Waals surface area contributed by atoms with E-state index in [-0.39, 0.29) is 16.7 Å². The number of phenols is 1. The van der Waals surface area contributed by atoms with E-state index >= 15 is 0 Å². The largest absolute Gasteiger partial charge is 0.507 e. The predicted molar refractivity (Wildman–Crippen MR) is 61.9 cm³/mol.